The summed E-state index contributed by atoms with van der Waals surface area (Å²) in [4.78, 5) is 2.59. The Bertz CT molecular complexity index is 413. The van der Waals surface area contributed by atoms with Gasteiger partial charge in [0.2, 0.25) is 0 Å². The topological polar surface area (TPSA) is 23.5 Å². The first-order valence-corrected chi connectivity index (χ1v) is 8.07. The molecule has 0 radical (unpaired) electrons. The van der Waals surface area contributed by atoms with Gasteiger partial charge in [0.15, 0.2) is 0 Å². The van der Waals surface area contributed by atoms with Crippen molar-refractivity contribution in [3.63, 3.8) is 0 Å². The molecule has 2 rings (SSSR count). The van der Waals surface area contributed by atoms with E-state index in [0.717, 1.165) is 23.6 Å². The molecule has 1 aliphatic carbocycles. The van der Waals surface area contributed by atoms with Crippen LogP contribution in [0, 0.1) is 5.92 Å². The Hall–Kier alpha value is -0.540. The van der Waals surface area contributed by atoms with Crippen LogP contribution in [0.1, 0.15) is 45.1 Å². The Morgan fingerprint density at radius 2 is 2.00 bits per heavy atom. The van der Waals surface area contributed by atoms with Gasteiger partial charge in [0.25, 0.3) is 0 Å². The number of aromatic hydroxyl groups is 1. The first-order valence-electron chi connectivity index (χ1n) is 7.27. The lowest BCUT2D eigenvalue weighted by atomic mass is 10.1. The maximum absolute atomic E-state index is 9.66. The minimum absolute atomic E-state index is 0.356. The van der Waals surface area contributed by atoms with Crippen molar-refractivity contribution in [2.75, 3.05) is 6.54 Å². The molecule has 1 aromatic carbocycles. The standard InChI is InChI=1S/C16H24BrNO/c1-12(2)10-18(14-5-3-4-6-14)11-13-9-15(19)7-8-16(13)17/h7-9,12,14,19H,3-6,10-11H2,1-2H3. The van der Waals surface area contributed by atoms with Crippen LogP contribution in [-0.2, 0) is 6.54 Å². The minimum atomic E-state index is 0.356. The van der Waals surface area contributed by atoms with Crippen molar-refractivity contribution in [2.45, 2.75) is 52.1 Å². The second kappa shape index (κ2) is 6.76. The van der Waals surface area contributed by atoms with Gasteiger partial charge < -0.3 is 5.11 Å². The van der Waals surface area contributed by atoms with Crippen LogP contribution in [0.3, 0.4) is 0 Å². The average molecular weight is 326 g/mol. The van der Waals surface area contributed by atoms with Crippen molar-refractivity contribution >= 4 is 15.9 Å². The summed E-state index contributed by atoms with van der Waals surface area (Å²) in [6.07, 6.45) is 5.37. The summed E-state index contributed by atoms with van der Waals surface area (Å²) >= 11 is 3.60. The largest absolute Gasteiger partial charge is 0.508 e. The van der Waals surface area contributed by atoms with E-state index in [0.29, 0.717) is 11.7 Å². The van der Waals surface area contributed by atoms with Crippen molar-refractivity contribution in [3.05, 3.63) is 28.2 Å². The minimum Gasteiger partial charge on any atom is -0.508 e. The van der Waals surface area contributed by atoms with E-state index >= 15 is 0 Å². The molecule has 106 valence electrons. The summed E-state index contributed by atoms with van der Waals surface area (Å²) in [5, 5.41) is 9.66. The van der Waals surface area contributed by atoms with Crippen molar-refractivity contribution in [1.29, 1.82) is 0 Å². The number of nitrogens with zero attached hydrogens (tertiary/aromatic N) is 1. The van der Waals surface area contributed by atoms with Crippen LogP contribution in [0.25, 0.3) is 0 Å². The number of rotatable bonds is 5. The molecule has 1 fully saturated rings. The number of hydrogen-bond acceptors (Lipinski definition) is 2. The molecule has 1 aliphatic rings. The predicted molar refractivity (Wildman–Crippen MR) is 83.3 cm³/mol. The van der Waals surface area contributed by atoms with E-state index in [-0.39, 0.29) is 0 Å². The van der Waals surface area contributed by atoms with E-state index in [2.05, 4.69) is 34.7 Å². The zero-order chi connectivity index (χ0) is 13.8. The molecule has 1 N–H and O–H groups in total. The molecule has 0 spiro atoms. The van der Waals surface area contributed by atoms with Gasteiger partial charge in [-0.3, -0.25) is 4.90 Å². The zero-order valence-electron chi connectivity index (χ0n) is 11.9. The molecule has 0 unspecified atom stereocenters. The van der Waals surface area contributed by atoms with Crippen molar-refractivity contribution in [1.82, 2.24) is 4.90 Å². The Morgan fingerprint density at radius 1 is 1.32 bits per heavy atom. The summed E-state index contributed by atoms with van der Waals surface area (Å²) in [6.45, 7) is 6.61. The van der Waals surface area contributed by atoms with Crippen molar-refractivity contribution < 1.29 is 5.11 Å². The van der Waals surface area contributed by atoms with Gasteiger partial charge in [-0.1, -0.05) is 42.6 Å². The van der Waals surface area contributed by atoms with Gasteiger partial charge in [0.05, 0.1) is 0 Å². The van der Waals surface area contributed by atoms with Crippen LogP contribution in [0.2, 0.25) is 0 Å². The fourth-order valence-corrected chi connectivity index (χ4v) is 3.35. The van der Waals surface area contributed by atoms with Gasteiger partial charge in [-0.25, -0.2) is 0 Å². The molecule has 0 aliphatic heterocycles. The van der Waals surface area contributed by atoms with E-state index in [9.17, 15) is 5.11 Å². The van der Waals surface area contributed by atoms with E-state index in [1.54, 1.807) is 6.07 Å². The maximum atomic E-state index is 9.66. The Morgan fingerprint density at radius 3 is 2.63 bits per heavy atom. The number of phenols is 1. The summed E-state index contributed by atoms with van der Waals surface area (Å²) in [5.74, 6) is 1.03. The molecule has 0 atom stereocenters. The Labute approximate surface area is 124 Å². The third-order valence-electron chi connectivity index (χ3n) is 3.84. The lowest BCUT2D eigenvalue weighted by molar-refractivity contribution is 0.168. The van der Waals surface area contributed by atoms with Crippen LogP contribution in [0.4, 0.5) is 0 Å². The molecule has 19 heavy (non-hydrogen) atoms. The van der Waals surface area contributed by atoms with E-state index in [1.165, 1.54) is 31.2 Å². The third kappa shape index (κ3) is 4.22. The summed E-state index contributed by atoms with van der Waals surface area (Å²) in [6, 6.07) is 6.27. The van der Waals surface area contributed by atoms with Crippen LogP contribution < -0.4 is 0 Å². The van der Waals surface area contributed by atoms with Crippen LogP contribution in [0.15, 0.2) is 22.7 Å². The summed E-state index contributed by atoms with van der Waals surface area (Å²) in [5.41, 5.74) is 1.19. The second-order valence-corrected chi connectivity index (χ2v) is 6.89. The van der Waals surface area contributed by atoms with E-state index < -0.39 is 0 Å². The lowest BCUT2D eigenvalue weighted by Gasteiger charge is -2.30. The van der Waals surface area contributed by atoms with Crippen molar-refractivity contribution in [3.8, 4) is 5.75 Å². The quantitative estimate of drug-likeness (QED) is 0.858. The number of halogens is 1. The summed E-state index contributed by atoms with van der Waals surface area (Å²) in [7, 11) is 0. The van der Waals surface area contributed by atoms with Crippen molar-refractivity contribution in [2.24, 2.45) is 5.92 Å². The van der Waals surface area contributed by atoms with Gasteiger partial charge in [0.1, 0.15) is 5.75 Å². The Balaban J connectivity index is 2.12. The van der Waals surface area contributed by atoms with E-state index in [4.69, 9.17) is 0 Å². The monoisotopic (exact) mass is 325 g/mol. The highest BCUT2D eigenvalue weighted by molar-refractivity contribution is 9.10. The fraction of sp³-hybridized carbons (Fsp3) is 0.625. The van der Waals surface area contributed by atoms with Gasteiger partial charge in [0, 0.05) is 23.6 Å². The van der Waals surface area contributed by atoms with Crippen LogP contribution in [-0.4, -0.2) is 22.6 Å². The first kappa shape index (κ1) is 14.9. The molecule has 0 aromatic heterocycles. The normalized spacial score (nSPS) is 16.7. The predicted octanol–water partition coefficient (Wildman–Crippen LogP) is 4.56. The number of phenolic OH excluding ortho intramolecular Hbond substituents is 1. The molecular formula is C16H24BrNO. The fourth-order valence-electron chi connectivity index (χ4n) is 2.98. The highest BCUT2D eigenvalue weighted by Crippen LogP contribution is 2.29. The molecule has 3 heteroatoms. The molecule has 0 amide bonds. The highest BCUT2D eigenvalue weighted by Gasteiger charge is 2.23. The second-order valence-electron chi connectivity index (χ2n) is 6.04. The van der Waals surface area contributed by atoms with Gasteiger partial charge in [-0.15, -0.1) is 0 Å². The van der Waals surface area contributed by atoms with Crippen LogP contribution >= 0.6 is 15.9 Å². The highest BCUT2D eigenvalue weighted by atomic mass is 79.9. The maximum Gasteiger partial charge on any atom is 0.115 e. The molecule has 2 nitrogen and oxygen atoms in total. The van der Waals surface area contributed by atoms with Gasteiger partial charge in [-0.05, 0) is 42.5 Å². The lowest BCUT2D eigenvalue weighted by Crippen LogP contribution is -2.35. The molecule has 0 heterocycles. The van der Waals surface area contributed by atoms with Gasteiger partial charge in [-0.2, -0.15) is 0 Å². The Kier molecular flexibility index (Phi) is 5.28. The summed E-state index contributed by atoms with van der Waals surface area (Å²) < 4.78 is 1.09. The van der Waals surface area contributed by atoms with Gasteiger partial charge >= 0.3 is 0 Å². The smallest absolute Gasteiger partial charge is 0.115 e. The number of hydrogen-bond donors (Lipinski definition) is 1. The molecule has 1 saturated carbocycles. The van der Waals surface area contributed by atoms with E-state index in [1.807, 2.05) is 12.1 Å². The molecular weight excluding hydrogens is 302 g/mol. The van der Waals surface area contributed by atoms with Crippen LogP contribution in [0.5, 0.6) is 5.75 Å². The molecule has 0 bridgehead atoms. The molecule has 0 saturated heterocycles. The molecule has 1 aromatic rings. The third-order valence-corrected chi connectivity index (χ3v) is 4.62. The SMILES string of the molecule is CC(C)CN(Cc1cc(O)ccc1Br)C1CCCC1. The number of benzene rings is 1. The first-order chi connectivity index (χ1) is 9.06. The average Bonchev–Trinajstić information content (AvgIpc) is 2.86. The zero-order valence-corrected chi connectivity index (χ0v) is 13.5.